The third-order valence-electron chi connectivity index (χ3n) is 3.82. The molecule has 1 saturated carbocycles. The van der Waals surface area contributed by atoms with Crippen LogP contribution in [-0.2, 0) is 0 Å². The van der Waals surface area contributed by atoms with E-state index in [0.29, 0.717) is 5.75 Å². The third kappa shape index (κ3) is 2.65. The van der Waals surface area contributed by atoms with E-state index in [4.69, 9.17) is 5.26 Å². The highest BCUT2D eigenvalue weighted by molar-refractivity contribution is 5.34. The maximum Gasteiger partial charge on any atom is 0.120 e. The molecule has 0 bridgehead atoms. The number of para-hydroxylation sites is 1. The molecule has 1 aromatic carbocycles. The maximum absolute atomic E-state index is 9.90. The van der Waals surface area contributed by atoms with Crippen LogP contribution in [0.3, 0.4) is 0 Å². The van der Waals surface area contributed by atoms with E-state index in [-0.39, 0.29) is 18.0 Å². The topological polar surface area (TPSA) is 56.0 Å². The summed E-state index contributed by atoms with van der Waals surface area (Å²) >= 11 is 0. The standard InChI is InChI=1S/C15H20N2O/c1-2-13(12-7-3-4-9-15(12)18)17-14-8-5-6-11(14)10-16/h3-4,7,9,11,13-14,17-18H,2,5-6,8H2,1H3. The normalized spacial score (nSPS) is 24.7. The van der Waals surface area contributed by atoms with E-state index in [9.17, 15) is 5.11 Å². The second-order valence-corrected chi connectivity index (χ2v) is 4.96. The number of nitriles is 1. The Bertz CT molecular complexity index is 438. The van der Waals surface area contributed by atoms with Crippen molar-refractivity contribution in [1.82, 2.24) is 5.32 Å². The number of nitrogens with zero attached hydrogens (tertiary/aromatic N) is 1. The van der Waals surface area contributed by atoms with Crippen molar-refractivity contribution in [3.8, 4) is 11.8 Å². The lowest BCUT2D eigenvalue weighted by molar-refractivity contribution is 0.380. The van der Waals surface area contributed by atoms with Crippen LogP contribution in [-0.4, -0.2) is 11.1 Å². The molecule has 0 saturated heterocycles. The van der Waals surface area contributed by atoms with Gasteiger partial charge in [0.15, 0.2) is 0 Å². The number of aromatic hydroxyl groups is 1. The van der Waals surface area contributed by atoms with Crippen LogP contribution >= 0.6 is 0 Å². The first-order chi connectivity index (χ1) is 8.76. The predicted octanol–water partition coefficient (Wildman–Crippen LogP) is 3.13. The van der Waals surface area contributed by atoms with Gasteiger partial charge in [0.2, 0.25) is 0 Å². The summed E-state index contributed by atoms with van der Waals surface area (Å²) in [5.41, 5.74) is 0.934. The van der Waals surface area contributed by atoms with Gasteiger partial charge < -0.3 is 10.4 Å². The van der Waals surface area contributed by atoms with Gasteiger partial charge in [0.05, 0.1) is 12.0 Å². The van der Waals surface area contributed by atoms with Gasteiger partial charge in [0.25, 0.3) is 0 Å². The fraction of sp³-hybridized carbons (Fsp3) is 0.533. The van der Waals surface area contributed by atoms with Gasteiger partial charge >= 0.3 is 0 Å². The van der Waals surface area contributed by atoms with Crippen molar-refractivity contribution < 1.29 is 5.11 Å². The maximum atomic E-state index is 9.90. The predicted molar refractivity (Wildman–Crippen MR) is 71.0 cm³/mol. The largest absolute Gasteiger partial charge is 0.508 e. The Hall–Kier alpha value is -1.53. The van der Waals surface area contributed by atoms with Crippen LogP contribution in [0.5, 0.6) is 5.75 Å². The fourth-order valence-electron chi connectivity index (χ4n) is 2.78. The molecule has 18 heavy (non-hydrogen) atoms. The van der Waals surface area contributed by atoms with Gasteiger partial charge in [-0.3, -0.25) is 0 Å². The Morgan fingerprint density at radius 3 is 2.89 bits per heavy atom. The first kappa shape index (κ1) is 12.9. The van der Waals surface area contributed by atoms with Crippen LogP contribution in [0, 0.1) is 17.2 Å². The smallest absolute Gasteiger partial charge is 0.120 e. The molecule has 0 aromatic heterocycles. The van der Waals surface area contributed by atoms with Crippen LogP contribution in [0.4, 0.5) is 0 Å². The molecule has 3 nitrogen and oxygen atoms in total. The fourth-order valence-corrected chi connectivity index (χ4v) is 2.78. The number of benzene rings is 1. The third-order valence-corrected chi connectivity index (χ3v) is 3.82. The van der Waals surface area contributed by atoms with Crippen molar-refractivity contribution in [1.29, 1.82) is 5.26 Å². The molecular weight excluding hydrogens is 224 g/mol. The molecule has 2 rings (SSSR count). The zero-order valence-corrected chi connectivity index (χ0v) is 10.8. The Morgan fingerprint density at radius 2 is 2.22 bits per heavy atom. The summed E-state index contributed by atoms with van der Waals surface area (Å²) in [6.45, 7) is 2.10. The van der Waals surface area contributed by atoms with Gasteiger partial charge in [-0.2, -0.15) is 5.26 Å². The van der Waals surface area contributed by atoms with E-state index in [1.807, 2.05) is 18.2 Å². The number of phenols is 1. The van der Waals surface area contributed by atoms with Crippen LogP contribution in [0.25, 0.3) is 0 Å². The van der Waals surface area contributed by atoms with Gasteiger partial charge in [-0.15, -0.1) is 0 Å². The Labute approximate surface area is 108 Å². The summed E-state index contributed by atoms with van der Waals surface area (Å²) in [6.07, 6.45) is 4.08. The Kier molecular flexibility index (Phi) is 4.22. The minimum atomic E-state index is 0.116. The molecule has 1 aromatic rings. The van der Waals surface area contributed by atoms with Crippen molar-refractivity contribution in [2.75, 3.05) is 0 Å². The van der Waals surface area contributed by atoms with Crippen LogP contribution in [0.1, 0.15) is 44.2 Å². The lowest BCUT2D eigenvalue weighted by Gasteiger charge is -2.24. The quantitative estimate of drug-likeness (QED) is 0.855. The number of hydrogen-bond donors (Lipinski definition) is 2. The molecule has 3 unspecified atom stereocenters. The minimum Gasteiger partial charge on any atom is -0.508 e. The van der Waals surface area contributed by atoms with Crippen LogP contribution < -0.4 is 5.32 Å². The lowest BCUT2D eigenvalue weighted by Crippen LogP contribution is -2.34. The first-order valence-corrected chi connectivity index (χ1v) is 6.69. The average Bonchev–Trinajstić information content (AvgIpc) is 2.84. The molecule has 1 aliphatic carbocycles. The van der Waals surface area contributed by atoms with E-state index < -0.39 is 0 Å². The van der Waals surface area contributed by atoms with Crippen molar-refractivity contribution in [2.45, 2.75) is 44.7 Å². The summed E-state index contributed by atoms with van der Waals surface area (Å²) in [6, 6.07) is 10.2. The highest BCUT2D eigenvalue weighted by Crippen LogP contribution is 2.31. The van der Waals surface area contributed by atoms with Crippen LogP contribution in [0.15, 0.2) is 24.3 Å². The highest BCUT2D eigenvalue weighted by atomic mass is 16.3. The summed E-state index contributed by atoms with van der Waals surface area (Å²) in [5.74, 6) is 0.452. The van der Waals surface area contributed by atoms with E-state index in [2.05, 4.69) is 18.3 Å². The Morgan fingerprint density at radius 1 is 1.44 bits per heavy atom. The van der Waals surface area contributed by atoms with Crippen molar-refractivity contribution in [3.63, 3.8) is 0 Å². The summed E-state index contributed by atoms with van der Waals surface area (Å²) < 4.78 is 0. The van der Waals surface area contributed by atoms with E-state index in [1.54, 1.807) is 6.07 Å². The molecule has 96 valence electrons. The number of phenolic OH excluding ortho intramolecular Hbond substituents is 1. The second-order valence-electron chi connectivity index (χ2n) is 4.96. The van der Waals surface area contributed by atoms with E-state index in [0.717, 1.165) is 31.2 Å². The SMILES string of the molecule is CCC(NC1CCCC1C#N)c1ccccc1O. The molecular formula is C15H20N2O. The molecule has 0 aliphatic heterocycles. The lowest BCUT2D eigenvalue weighted by atomic mass is 9.99. The zero-order chi connectivity index (χ0) is 13.0. The summed E-state index contributed by atoms with van der Waals surface area (Å²) in [7, 11) is 0. The number of hydrogen-bond acceptors (Lipinski definition) is 3. The minimum absolute atomic E-state index is 0.116. The molecule has 2 N–H and O–H groups in total. The van der Waals surface area contributed by atoms with Gasteiger partial charge in [-0.25, -0.2) is 0 Å². The zero-order valence-electron chi connectivity index (χ0n) is 10.8. The molecule has 0 heterocycles. The molecule has 3 heteroatoms. The molecule has 0 radical (unpaired) electrons. The number of rotatable bonds is 4. The highest BCUT2D eigenvalue weighted by Gasteiger charge is 2.29. The van der Waals surface area contributed by atoms with Crippen molar-refractivity contribution in [3.05, 3.63) is 29.8 Å². The second kappa shape index (κ2) is 5.88. The van der Waals surface area contributed by atoms with E-state index >= 15 is 0 Å². The van der Waals surface area contributed by atoms with Gasteiger partial charge in [-0.1, -0.05) is 31.5 Å². The monoisotopic (exact) mass is 244 g/mol. The number of nitrogens with one attached hydrogen (secondary N) is 1. The van der Waals surface area contributed by atoms with Crippen molar-refractivity contribution in [2.24, 2.45) is 5.92 Å². The molecule has 1 aliphatic rings. The Balaban J connectivity index is 2.11. The molecule has 3 atom stereocenters. The van der Waals surface area contributed by atoms with Gasteiger partial charge in [-0.05, 0) is 25.3 Å². The average molecular weight is 244 g/mol. The summed E-state index contributed by atoms with van der Waals surface area (Å²) in [4.78, 5) is 0. The summed E-state index contributed by atoms with van der Waals surface area (Å²) in [5, 5.41) is 22.6. The van der Waals surface area contributed by atoms with Crippen LogP contribution in [0.2, 0.25) is 0 Å². The molecule has 1 fully saturated rings. The van der Waals surface area contributed by atoms with Gasteiger partial charge in [0.1, 0.15) is 5.75 Å². The van der Waals surface area contributed by atoms with Crippen molar-refractivity contribution >= 4 is 0 Å². The molecule has 0 spiro atoms. The molecule has 0 amide bonds. The first-order valence-electron chi connectivity index (χ1n) is 6.69. The van der Waals surface area contributed by atoms with E-state index in [1.165, 1.54) is 0 Å². The van der Waals surface area contributed by atoms with Gasteiger partial charge in [0, 0.05) is 17.6 Å².